The molecule has 6 heteroatoms. The zero-order valence-corrected chi connectivity index (χ0v) is 11.1. The van der Waals surface area contributed by atoms with E-state index in [1.54, 1.807) is 25.6 Å². The fourth-order valence-corrected chi connectivity index (χ4v) is 2.49. The van der Waals surface area contributed by atoms with Gasteiger partial charge in [-0.1, -0.05) is 17.8 Å². The number of nitrogens with zero attached hydrogens (tertiary/aromatic N) is 1. The third-order valence-corrected chi connectivity index (χ3v) is 3.47. The van der Waals surface area contributed by atoms with Gasteiger partial charge >= 0.3 is 0 Å². The Labute approximate surface area is 115 Å². The zero-order chi connectivity index (χ0) is 13.7. The molecule has 2 aromatic rings. The van der Waals surface area contributed by atoms with Crippen LogP contribution in [0.3, 0.4) is 0 Å². The molecule has 19 heavy (non-hydrogen) atoms. The highest BCUT2D eigenvalue weighted by atomic mass is 32.2. The molecule has 1 aromatic heterocycles. The number of nitrogens with one attached hydrogen (secondary N) is 2. The molecule has 1 aromatic carbocycles. The minimum Gasteiger partial charge on any atom is -0.497 e. The normalized spacial score (nSPS) is 10.0. The summed E-state index contributed by atoms with van der Waals surface area (Å²) in [6.45, 7) is 0. The third kappa shape index (κ3) is 3.24. The van der Waals surface area contributed by atoms with E-state index < -0.39 is 0 Å². The number of benzene rings is 1. The number of ether oxygens (including phenoxy) is 1. The molecular formula is C13H13N3O2S. The summed E-state index contributed by atoms with van der Waals surface area (Å²) in [6, 6.07) is 9.28. The van der Waals surface area contributed by atoms with E-state index in [-0.39, 0.29) is 5.84 Å². The lowest BCUT2D eigenvalue weighted by molar-refractivity contribution is 0.234. The molecule has 5 nitrogen and oxygen atoms in total. The lowest BCUT2D eigenvalue weighted by Gasteiger charge is -2.09. The highest BCUT2D eigenvalue weighted by Crippen LogP contribution is 2.31. The summed E-state index contributed by atoms with van der Waals surface area (Å²) in [5.74, 6) is 0.707. The van der Waals surface area contributed by atoms with E-state index in [9.17, 15) is 0 Å². The number of hydrogen-bond donors (Lipinski definition) is 3. The van der Waals surface area contributed by atoms with Crippen LogP contribution in [0.25, 0.3) is 0 Å². The summed E-state index contributed by atoms with van der Waals surface area (Å²) in [6.07, 6.45) is 3.24. The number of hydroxylamine groups is 1. The van der Waals surface area contributed by atoms with Gasteiger partial charge in [0.25, 0.3) is 0 Å². The van der Waals surface area contributed by atoms with Crippen LogP contribution in [-0.4, -0.2) is 23.1 Å². The Balaban J connectivity index is 2.30. The van der Waals surface area contributed by atoms with Gasteiger partial charge in [0.15, 0.2) is 5.84 Å². The topological polar surface area (TPSA) is 78.2 Å². The molecule has 0 atom stereocenters. The monoisotopic (exact) mass is 275 g/mol. The zero-order valence-electron chi connectivity index (χ0n) is 10.3. The van der Waals surface area contributed by atoms with Crippen molar-refractivity contribution in [3.63, 3.8) is 0 Å². The van der Waals surface area contributed by atoms with Crippen molar-refractivity contribution in [1.29, 1.82) is 5.41 Å². The average molecular weight is 275 g/mol. The maximum absolute atomic E-state index is 8.84. The Morgan fingerprint density at radius 3 is 3.00 bits per heavy atom. The van der Waals surface area contributed by atoms with Crippen LogP contribution in [0.15, 0.2) is 52.5 Å². The first-order valence-corrected chi connectivity index (χ1v) is 6.31. The molecule has 0 fully saturated rings. The Hall–Kier alpha value is -2.05. The van der Waals surface area contributed by atoms with Crippen molar-refractivity contribution in [3.05, 3.63) is 48.3 Å². The average Bonchev–Trinajstić information content (AvgIpc) is 2.47. The van der Waals surface area contributed by atoms with E-state index in [1.807, 2.05) is 29.7 Å². The first-order valence-electron chi connectivity index (χ1n) is 5.49. The largest absolute Gasteiger partial charge is 0.497 e. The van der Waals surface area contributed by atoms with E-state index in [2.05, 4.69) is 4.98 Å². The molecule has 1 heterocycles. The quantitative estimate of drug-likeness (QED) is 0.454. The van der Waals surface area contributed by atoms with Crippen LogP contribution in [0.1, 0.15) is 5.56 Å². The highest BCUT2D eigenvalue weighted by molar-refractivity contribution is 7.99. The van der Waals surface area contributed by atoms with Crippen molar-refractivity contribution in [2.75, 3.05) is 7.11 Å². The third-order valence-electron chi connectivity index (χ3n) is 2.43. The minimum absolute atomic E-state index is 0.0622. The van der Waals surface area contributed by atoms with Crippen molar-refractivity contribution in [2.45, 2.75) is 9.79 Å². The second-order valence-electron chi connectivity index (χ2n) is 3.64. The predicted octanol–water partition coefficient (Wildman–Crippen LogP) is 2.55. The Morgan fingerprint density at radius 1 is 1.42 bits per heavy atom. The van der Waals surface area contributed by atoms with E-state index in [4.69, 9.17) is 15.4 Å². The van der Waals surface area contributed by atoms with Gasteiger partial charge in [-0.15, -0.1) is 0 Å². The van der Waals surface area contributed by atoms with Gasteiger partial charge in [-0.3, -0.25) is 21.1 Å². The van der Waals surface area contributed by atoms with E-state index in [0.29, 0.717) is 5.56 Å². The summed E-state index contributed by atoms with van der Waals surface area (Å²) in [5.41, 5.74) is 2.44. The molecule has 2 rings (SSSR count). The van der Waals surface area contributed by atoms with Crippen LogP contribution < -0.4 is 10.2 Å². The number of amidine groups is 1. The highest BCUT2D eigenvalue weighted by Gasteiger charge is 2.09. The lowest BCUT2D eigenvalue weighted by Crippen LogP contribution is -2.19. The van der Waals surface area contributed by atoms with Crippen LogP contribution in [-0.2, 0) is 0 Å². The molecular weight excluding hydrogens is 262 g/mol. The molecule has 0 amide bonds. The summed E-state index contributed by atoms with van der Waals surface area (Å²) in [5, 5.41) is 16.5. The van der Waals surface area contributed by atoms with Crippen molar-refractivity contribution < 1.29 is 9.94 Å². The van der Waals surface area contributed by atoms with Crippen molar-refractivity contribution in [2.24, 2.45) is 0 Å². The van der Waals surface area contributed by atoms with Crippen molar-refractivity contribution >= 4 is 17.6 Å². The number of aromatic nitrogens is 1. The lowest BCUT2D eigenvalue weighted by atomic mass is 10.2. The van der Waals surface area contributed by atoms with Crippen LogP contribution in [0.2, 0.25) is 0 Å². The standard InChI is InChI=1S/C13H13N3O2S/c1-18-9-3-2-4-10(7-9)19-12-8-15-6-5-11(12)13(14)16-17/h2-8,17H,1H3,(H2,14,16). The van der Waals surface area contributed by atoms with Crippen molar-refractivity contribution in [3.8, 4) is 5.75 Å². The van der Waals surface area contributed by atoms with Gasteiger partial charge in [-0.25, -0.2) is 0 Å². The van der Waals surface area contributed by atoms with Crippen molar-refractivity contribution in [1.82, 2.24) is 10.5 Å². The smallest absolute Gasteiger partial charge is 0.150 e. The second kappa shape index (κ2) is 6.21. The molecule has 0 aliphatic rings. The fraction of sp³-hybridized carbons (Fsp3) is 0.0769. The molecule has 0 unspecified atom stereocenters. The molecule has 0 bridgehead atoms. The Kier molecular flexibility index (Phi) is 4.38. The maximum Gasteiger partial charge on any atom is 0.150 e. The minimum atomic E-state index is -0.0622. The van der Waals surface area contributed by atoms with Gasteiger partial charge in [0.1, 0.15) is 5.75 Å². The number of pyridine rings is 1. The van der Waals surface area contributed by atoms with Gasteiger partial charge in [0.05, 0.1) is 7.11 Å². The molecule has 0 saturated heterocycles. The molecule has 0 radical (unpaired) electrons. The van der Waals surface area contributed by atoms with Gasteiger partial charge in [0.2, 0.25) is 0 Å². The summed E-state index contributed by atoms with van der Waals surface area (Å²) in [7, 11) is 1.62. The maximum atomic E-state index is 8.84. The number of hydrogen-bond acceptors (Lipinski definition) is 5. The van der Waals surface area contributed by atoms with Gasteiger partial charge in [-0.05, 0) is 24.3 Å². The first-order chi connectivity index (χ1) is 9.24. The SMILES string of the molecule is COc1cccc(Sc2cnccc2C(=N)NO)c1. The summed E-state index contributed by atoms with van der Waals surface area (Å²) < 4.78 is 5.17. The fourth-order valence-electron chi connectivity index (χ4n) is 1.52. The number of rotatable bonds is 4. The van der Waals surface area contributed by atoms with E-state index >= 15 is 0 Å². The molecule has 98 valence electrons. The number of methoxy groups -OCH3 is 1. The van der Waals surface area contributed by atoms with Crippen LogP contribution >= 0.6 is 11.8 Å². The van der Waals surface area contributed by atoms with Crippen LogP contribution in [0.4, 0.5) is 0 Å². The molecule has 0 saturated carbocycles. The van der Waals surface area contributed by atoms with E-state index in [0.717, 1.165) is 15.5 Å². The Bertz CT molecular complexity index is 590. The molecule has 0 aliphatic heterocycles. The molecule has 3 N–H and O–H groups in total. The van der Waals surface area contributed by atoms with Gasteiger partial charge in [-0.2, -0.15) is 0 Å². The van der Waals surface area contributed by atoms with Gasteiger partial charge in [0, 0.05) is 27.7 Å². The summed E-state index contributed by atoms with van der Waals surface area (Å²) >= 11 is 1.45. The molecule has 0 spiro atoms. The van der Waals surface area contributed by atoms with Crippen LogP contribution in [0, 0.1) is 5.41 Å². The predicted molar refractivity (Wildman–Crippen MR) is 73.1 cm³/mol. The van der Waals surface area contributed by atoms with Crippen LogP contribution in [0.5, 0.6) is 5.75 Å². The van der Waals surface area contributed by atoms with E-state index in [1.165, 1.54) is 11.8 Å². The first kappa shape index (κ1) is 13.4. The molecule has 0 aliphatic carbocycles. The Morgan fingerprint density at radius 2 is 2.26 bits per heavy atom. The summed E-state index contributed by atoms with van der Waals surface area (Å²) in [4.78, 5) is 5.79. The van der Waals surface area contributed by atoms with Gasteiger partial charge < -0.3 is 4.74 Å². The second-order valence-corrected chi connectivity index (χ2v) is 4.76.